The van der Waals surface area contributed by atoms with Gasteiger partial charge in [-0.05, 0) is 82.9 Å². The van der Waals surface area contributed by atoms with E-state index in [1.807, 2.05) is 39.3 Å². The van der Waals surface area contributed by atoms with E-state index in [2.05, 4.69) is 39.2 Å². The van der Waals surface area contributed by atoms with Gasteiger partial charge in [-0.25, -0.2) is 0 Å². The minimum atomic E-state index is -0.160. The number of anilines is 1. The number of benzene rings is 1. The molecular formula is C28H38N4O3S. The highest BCUT2D eigenvalue weighted by atomic mass is 32.2. The van der Waals surface area contributed by atoms with Crippen LogP contribution in [0.2, 0.25) is 0 Å². The molecular weight excluding hydrogens is 472 g/mol. The first-order chi connectivity index (χ1) is 17.3. The molecule has 0 aliphatic heterocycles. The molecule has 2 aromatic heterocycles. The first-order valence-corrected chi connectivity index (χ1v) is 13.9. The molecule has 1 aliphatic carbocycles. The molecule has 3 aromatic rings. The van der Waals surface area contributed by atoms with Crippen LogP contribution in [0.5, 0.6) is 0 Å². The minimum absolute atomic E-state index is 0.156. The van der Waals surface area contributed by atoms with E-state index in [4.69, 9.17) is 4.74 Å². The summed E-state index contributed by atoms with van der Waals surface area (Å²) in [6.07, 6.45) is 6.67. The van der Waals surface area contributed by atoms with E-state index >= 15 is 0 Å². The van der Waals surface area contributed by atoms with Gasteiger partial charge in [0.1, 0.15) is 0 Å². The van der Waals surface area contributed by atoms with E-state index < -0.39 is 0 Å². The maximum Gasteiger partial charge on any atom is 0.254 e. The van der Waals surface area contributed by atoms with Crippen LogP contribution in [0, 0.1) is 19.8 Å². The minimum Gasteiger partial charge on any atom is -0.388 e. The molecule has 36 heavy (non-hydrogen) atoms. The number of nitrogens with one attached hydrogen (secondary N) is 3. The number of fused-ring (bicyclic) bond motifs is 1. The molecule has 7 nitrogen and oxygen atoms in total. The molecule has 0 saturated heterocycles. The van der Waals surface area contributed by atoms with Crippen molar-refractivity contribution in [3.63, 3.8) is 0 Å². The van der Waals surface area contributed by atoms with Crippen molar-refractivity contribution in [2.24, 2.45) is 5.92 Å². The molecule has 1 aliphatic rings. The van der Waals surface area contributed by atoms with Gasteiger partial charge in [-0.15, -0.1) is 11.8 Å². The summed E-state index contributed by atoms with van der Waals surface area (Å²) < 4.78 is 7.92. The van der Waals surface area contributed by atoms with Gasteiger partial charge >= 0.3 is 0 Å². The number of methoxy groups -OCH3 is 1. The SMILES string of the molecule is CNc1ccc2c(c1)c(C(=O)NCc1c(SC)cc(C)[nH]c1=O)c(C)n2[C@H](C)[C@H]1CC[C@H](OC)CC1. The zero-order valence-electron chi connectivity index (χ0n) is 22.2. The Kier molecular flexibility index (Phi) is 8.15. The van der Waals surface area contributed by atoms with Gasteiger partial charge < -0.3 is 24.9 Å². The van der Waals surface area contributed by atoms with Crippen LogP contribution in [0.1, 0.15) is 66.0 Å². The van der Waals surface area contributed by atoms with Crippen molar-refractivity contribution in [2.45, 2.75) is 70.0 Å². The van der Waals surface area contributed by atoms with Crippen molar-refractivity contribution >= 4 is 34.3 Å². The average molecular weight is 511 g/mol. The molecule has 1 fully saturated rings. The fraction of sp³-hybridized carbons (Fsp3) is 0.500. The molecule has 1 atom stereocenters. The van der Waals surface area contributed by atoms with Gasteiger partial charge in [0, 0.05) is 65.2 Å². The number of thioether (sulfide) groups is 1. The number of pyridine rings is 1. The Hall–Kier alpha value is -2.71. The number of hydrogen-bond donors (Lipinski definition) is 3. The number of carbonyl (C=O) groups is 1. The summed E-state index contributed by atoms with van der Waals surface area (Å²) in [5.74, 6) is 0.368. The number of aryl methyl sites for hydroxylation is 1. The second-order valence-corrected chi connectivity index (χ2v) is 10.7. The number of nitrogens with zero attached hydrogens (tertiary/aromatic N) is 1. The third kappa shape index (κ3) is 5.06. The number of aromatic nitrogens is 2. The summed E-state index contributed by atoms with van der Waals surface area (Å²) in [5.41, 5.74) is 4.90. The zero-order chi connectivity index (χ0) is 26.0. The van der Waals surface area contributed by atoms with Gasteiger partial charge in [0.25, 0.3) is 11.5 Å². The standard InChI is InChI=1S/C28H38N4O3S/c1-16-13-25(36-6)23(27(33)31-16)15-30-28(34)26-18(3)32(24-12-9-20(29-4)14-22(24)26)17(2)19-7-10-21(35-5)11-8-19/h9,12-14,17,19,21,29H,7-8,10-11,15H2,1-6H3,(H,30,34)(H,31,33)/t17-,19-,21-/m1/s1. The lowest BCUT2D eigenvalue weighted by Gasteiger charge is -2.33. The first-order valence-electron chi connectivity index (χ1n) is 12.7. The number of hydrogen-bond acceptors (Lipinski definition) is 5. The molecule has 194 valence electrons. The summed E-state index contributed by atoms with van der Waals surface area (Å²) in [6, 6.07) is 8.43. The summed E-state index contributed by atoms with van der Waals surface area (Å²) in [4.78, 5) is 30.0. The first kappa shape index (κ1) is 26.4. The Balaban J connectivity index is 1.69. The van der Waals surface area contributed by atoms with E-state index in [1.54, 1.807) is 7.11 Å². The predicted molar refractivity (Wildman–Crippen MR) is 148 cm³/mol. The molecule has 2 heterocycles. The second kappa shape index (κ2) is 11.1. The highest BCUT2D eigenvalue weighted by Crippen LogP contribution is 2.39. The lowest BCUT2D eigenvalue weighted by Crippen LogP contribution is -2.29. The van der Waals surface area contributed by atoms with Gasteiger partial charge in [-0.1, -0.05) is 0 Å². The van der Waals surface area contributed by atoms with Crippen LogP contribution in [0.4, 0.5) is 5.69 Å². The third-order valence-corrected chi connectivity index (χ3v) is 8.59. The molecule has 0 unspecified atom stereocenters. The van der Waals surface area contributed by atoms with Crippen LogP contribution in [-0.4, -0.2) is 42.0 Å². The maximum absolute atomic E-state index is 13.6. The number of amides is 1. The fourth-order valence-corrected chi connectivity index (χ4v) is 6.43. The molecule has 0 spiro atoms. The number of aromatic amines is 1. The molecule has 1 saturated carbocycles. The number of carbonyl (C=O) groups excluding carboxylic acids is 1. The number of rotatable bonds is 8. The molecule has 8 heteroatoms. The van der Waals surface area contributed by atoms with E-state index in [0.29, 0.717) is 23.1 Å². The van der Waals surface area contributed by atoms with E-state index in [-0.39, 0.29) is 24.1 Å². The summed E-state index contributed by atoms with van der Waals surface area (Å²) in [7, 11) is 3.68. The Bertz CT molecular complexity index is 1300. The lowest BCUT2D eigenvalue weighted by molar-refractivity contribution is 0.0492. The molecule has 4 rings (SSSR count). The summed E-state index contributed by atoms with van der Waals surface area (Å²) in [5, 5.41) is 7.17. The van der Waals surface area contributed by atoms with Crippen LogP contribution in [0.25, 0.3) is 10.9 Å². The molecule has 1 amide bonds. The van der Waals surface area contributed by atoms with Crippen molar-refractivity contribution in [3.8, 4) is 0 Å². The van der Waals surface area contributed by atoms with Gasteiger partial charge in [-0.2, -0.15) is 0 Å². The monoisotopic (exact) mass is 510 g/mol. The van der Waals surface area contributed by atoms with Gasteiger partial charge in [0.05, 0.1) is 11.7 Å². The number of ether oxygens (including phenoxy) is 1. The summed E-state index contributed by atoms with van der Waals surface area (Å²) in [6.45, 7) is 6.36. The van der Waals surface area contributed by atoms with E-state index in [9.17, 15) is 9.59 Å². The van der Waals surface area contributed by atoms with E-state index in [0.717, 1.165) is 58.6 Å². The largest absolute Gasteiger partial charge is 0.388 e. The lowest BCUT2D eigenvalue weighted by atomic mass is 9.83. The van der Waals surface area contributed by atoms with Crippen molar-refractivity contribution in [2.75, 3.05) is 25.7 Å². The Labute approximate surface area is 217 Å². The van der Waals surface area contributed by atoms with Crippen molar-refractivity contribution < 1.29 is 9.53 Å². The van der Waals surface area contributed by atoms with Crippen LogP contribution in [0.15, 0.2) is 34.0 Å². The second-order valence-electron chi connectivity index (χ2n) is 9.84. The average Bonchev–Trinajstić information content (AvgIpc) is 3.17. The van der Waals surface area contributed by atoms with Crippen LogP contribution in [0.3, 0.4) is 0 Å². The molecule has 0 bridgehead atoms. The van der Waals surface area contributed by atoms with E-state index in [1.165, 1.54) is 11.8 Å². The Morgan fingerprint density at radius 1 is 1.22 bits per heavy atom. The van der Waals surface area contributed by atoms with Crippen molar-refractivity contribution in [3.05, 3.63) is 57.1 Å². The van der Waals surface area contributed by atoms with Gasteiger partial charge in [-0.3, -0.25) is 9.59 Å². The predicted octanol–water partition coefficient (Wildman–Crippen LogP) is 5.41. The molecule has 0 radical (unpaired) electrons. The third-order valence-electron chi connectivity index (χ3n) is 7.78. The van der Waals surface area contributed by atoms with Crippen molar-refractivity contribution in [1.29, 1.82) is 0 Å². The summed E-state index contributed by atoms with van der Waals surface area (Å²) >= 11 is 1.51. The van der Waals surface area contributed by atoms with Crippen LogP contribution in [-0.2, 0) is 11.3 Å². The normalized spacial score (nSPS) is 18.8. The Morgan fingerprint density at radius 2 is 1.94 bits per heavy atom. The quantitative estimate of drug-likeness (QED) is 0.353. The van der Waals surface area contributed by atoms with Gasteiger partial charge in [0.15, 0.2) is 0 Å². The highest BCUT2D eigenvalue weighted by Gasteiger charge is 2.30. The Morgan fingerprint density at radius 3 is 2.58 bits per heavy atom. The topological polar surface area (TPSA) is 88.2 Å². The molecule has 1 aromatic carbocycles. The van der Waals surface area contributed by atoms with Gasteiger partial charge in [0.2, 0.25) is 0 Å². The number of H-pyrrole nitrogens is 1. The zero-order valence-corrected chi connectivity index (χ0v) is 23.0. The highest BCUT2D eigenvalue weighted by molar-refractivity contribution is 7.98. The van der Waals surface area contributed by atoms with Crippen molar-refractivity contribution in [1.82, 2.24) is 14.9 Å². The fourth-order valence-electron chi connectivity index (χ4n) is 5.72. The smallest absolute Gasteiger partial charge is 0.254 e. The van der Waals surface area contributed by atoms with Crippen LogP contribution < -0.4 is 16.2 Å². The molecule has 3 N–H and O–H groups in total. The maximum atomic E-state index is 13.6. The van der Waals surface area contributed by atoms with Crippen LogP contribution >= 0.6 is 11.8 Å².